The van der Waals surface area contributed by atoms with Crippen molar-refractivity contribution in [2.24, 2.45) is 0 Å². The van der Waals surface area contributed by atoms with E-state index in [0.29, 0.717) is 0 Å². The number of anilines is 2. The summed E-state index contributed by atoms with van der Waals surface area (Å²) >= 11 is 1.70. The highest BCUT2D eigenvalue weighted by molar-refractivity contribution is 7.16. The smallest absolute Gasteiger partial charge is 0.187 e. The maximum absolute atomic E-state index is 4.75. The van der Waals surface area contributed by atoms with Crippen LogP contribution >= 0.6 is 11.3 Å². The van der Waals surface area contributed by atoms with Crippen LogP contribution in [0.15, 0.2) is 48.5 Å². The number of nitrogens with one attached hydrogen (secondary N) is 1. The molecule has 3 rings (SSSR count). The number of aryl methyl sites for hydroxylation is 3. The molecule has 2 aromatic carbocycles. The molecule has 106 valence electrons. The molecule has 1 heterocycles. The lowest BCUT2D eigenvalue weighted by Crippen LogP contribution is -1.93. The second kappa shape index (κ2) is 5.70. The molecule has 1 N–H and O–H groups in total. The molecule has 0 spiro atoms. The zero-order valence-electron chi connectivity index (χ0n) is 12.5. The van der Waals surface area contributed by atoms with Gasteiger partial charge in [-0.2, -0.15) is 0 Å². The van der Waals surface area contributed by atoms with Crippen molar-refractivity contribution in [1.82, 2.24) is 4.98 Å². The summed E-state index contributed by atoms with van der Waals surface area (Å²) in [6.07, 6.45) is 0. The van der Waals surface area contributed by atoms with E-state index in [4.69, 9.17) is 4.98 Å². The van der Waals surface area contributed by atoms with Gasteiger partial charge in [0.2, 0.25) is 0 Å². The number of benzene rings is 2. The zero-order chi connectivity index (χ0) is 14.8. The van der Waals surface area contributed by atoms with Gasteiger partial charge in [0.05, 0.1) is 5.69 Å². The SMILES string of the molecule is Cc1ccc(C)c(Nc2nc(-c3ccccc3)c(C)s2)c1. The highest BCUT2D eigenvalue weighted by atomic mass is 32.1. The minimum atomic E-state index is 0.944. The van der Waals surface area contributed by atoms with E-state index in [0.717, 1.165) is 16.5 Å². The van der Waals surface area contributed by atoms with E-state index < -0.39 is 0 Å². The fraction of sp³-hybridized carbons (Fsp3) is 0.167. The molecule has 2 nitrogen and oxygen atoms in total. The van der Waals surface area contributed by atoms with E-state index in [1.165, 1.54) is 21.6 Å². The number of hydrogen-bond donors (Lipinski definition) is 1. The van der Waals surface area contributed by atoms with Crippen molar-refractivity contribution < 1.29 is 0 Å². The van der Waals surface area contributed by atoms with Gasteiger partial charge in [0, 0.05) is 16.1 Å². The molecule has 0 unspecified atom stereocenters. The number of rotatable bonds is 3. The molecule has 0 aliphatic carbocycles. The van der Waals surface area contributed by atoms with Crippen molar-refractivity contribution in [3.05, 3.63) is 64.5 Å². The number of aromatic nitrogens is 1. The molecule has 3 aromatic rings. The van der Waals surface area contributed by atoms with Gasteiger partial charge in [0.15, 0.2) is 5.13 Å². The first-order chi connectivity index (χ1) is 10.1. The first-order valence-corrected chi connectivity index (χ1v) is 7.82. The average molecular weight is 294 g/mol. The van der Waals surface area contributed by atoms with Crippen LogP contribution in [-0.2, 0) is 0 Å². The van der Waals surface area contributed by atoms with Crippen LogP contribution in [0.25, 0.3) is 11.3 Å². The van der Waals surface area contributed by atoms with Gasteiger partial charge in [0.1, 0.15) is 0 Å². The van der Waals surface area contributed by atoms with Crippen LogP contribution in [0, 0.1) is 20.8 Å². The maximum atomic E-state index is 4.75. The molecule has 0 saturated heterocycles. The van der Waals surface area contributed by atoms with Crippen molar-refractivity contribution in [3.63, 3.8) is 0 Å². The largest absolute Gasteiger partial charge is 0.331 e. The fourth-order valence-corrected chi connectivity index (χ4v) is 3.15. The van der Waals surface area contributed by atoms with E-state index >= 15 is 0 Å². The molecular weight excluding hydrogens is 276 g/mol. The quantitative estimate of drug-likeness (QED) is 0.692. The van der Waals surface area contributed by atoms with Crippen LogP contribution < -0.4 is 5.32 Å². The van der Waals surface area contributed by atoms with Crippen LogP contribution in [0.3, 0.4) is 0 Å². The van der Waals surface area contributed by atoms with Gasteiger partial charge >= 0.3 is 0 Å². The van der Waals surface area contributed by atoms with Crippen molar-refractivity contribution in [1.29, 1.82) is 0 Å². The second-order valence-electron chi connectivity index (χ2n) is 5.23. The Morgan fingerprint density at radius 2 is 1.71 bits per heavy atom. The van der Waals surface area contributed by atoms with Gasteiger partial charge in [-0.05, 0) is 38.0 Å². The molecule has 0 bridgehead atoms. The average Bonchev–Trinajstić information content (AvgIpc) is 2.84. The summed E-state index contributed by atoms with van der Waals surface area (Å²) < 4.78 is 0. The molecule has 1 aromatic heterocycles. The molecule has 0 atom stereocenters. The predicted molar refractivity (Wildman–Crippen MR) is 91.5 cm³/mol. The second-order valence-corrected chi connectivity index (χ2v) is 6.44. The van der Waals surface area contributed by atoms with Crippen LogP contribution in [0.1, 0.15) is 16.0 Å². The standard InChI is InChI=1S/C18H18N2S/c1-12-9-10-13(2)16(11-12)19-18-20-17(14(3)21-18)15-7-5-4-6-8-15/h4-11H,1-3H3,(H,19,20). The Balaban J connectivity index is 1.93. The summed E-state index contributed by atoms with van der Waals surface area (Å²) in [4.78, 5) is 5.98. The minimum Gasteiger partial charge on any atom is -0.331 e. The molecule has 3 heteroatoms. The lowest BCUT2D eigenvalue weighted by molar-refractivity contribution is 1.33. The Bertz CT molecular complexity index is 760. The molecule has 0 saturated carbocycles. The predicted octanol–water partition coefficient (Wildman–Crippen LogP) is 5.48. The molecule has 0 amide bonds. The summed E-state index contributed by atoms with van der Waals surface area (Å²) in [6.45, 7) is 6.34. The third-order valence-corrected chi connectivity index (χ3v) is 4.36. The minimum absolute atomic E-state index is 0.944. The fourth-order valence-electron chi connectivity index (χ4n) is 2.30. The van der Waals surface area contributed by atoms with E-state index in [9.17, 15) is 0 Å². The van der Waals surface area contributed by atoms with Gasteiger partial charge in [0.25, 0.3) is 0 Å². The Morgan fingerprint density at radius 1 is 0.952 bits per heavy atom. The highest BCUT2D eigenvalue weighted by Gasteiger charge is 2.10. The van der Waals surface area contributed by atoms with Crippen molar-refractivity contribution in [2.45, 2.75) is 20.8 Å². The summed E-state index contributed by atoms with van der Waals surface area (Å²) in [5.41, 5.74) is 5.84. The van der Waals surface area contributed by atoms with E-state index in [2.05, 4.69) is 56.4 Å². The van der Waals surface area contributed by atoms with Crippen molar-refractivity contribution >= 4 is 22.2 Å². The summed E-state index contributed by atoms with van der Waals surface area (Å²) in [6, 6.07) is 16.7. The molecule has 0 radical (unpaired) electrons. The lowest BCUT2D eigenvalue weighted by Gasteiger charge is -2.07. The number of hydrogen-bond acceptors (Lipinski definition) is 3. The Morgan fingerprint density at radius 3 is 2.48 bits per heavy atom. The van der Waals surface area contributed by atoms with Crippen molar-refractivity contribution in [2.75, 3.05) is 5.32 Å². The number of nitrogens with zero attached hydrogens (tertiary/aromatic N) is 1. The lowest BCUT2D eigenvalue weighted by atomic mass is 10.1. The number of thiazole rings is 1. The topological polar surface area (TPSA) is 24.9 Å². The van der Waals surface area contributed by atoms with Crippen LogP contribution in [0.2, 0.25) is 0 Å². The van der Waals surface area contributed by atoms with Crippen LogP contribution in [-0.4, -0.2) is 4.98 Å². The van der Waals surface area contributed by atoms with E-state index in [1.807, 2.05) is 18.2 Å². The molecular formula is C18H18N2S. The van der Waals surface area contributed by atoms with E-state index in [1.54, 1.807) is 11.3 Å². The molecule has 0 fully saturated rings. The highest BCUT2D eigenvalue weighted by Crippen LogP contribution is 2.32. The molecule has 0 aliphatic heterocycles. The van der Waals surface area contributed by atoms with Crippen LogP contribution in [0.5, 0.6) is 0 Å². The van der Waals surface area contributed by atoms with Gasteiger partial charge in [-0.25, -0.2) is 4.98 Å². The molecule has 21 heavy (non-hydrogen) atoms. The Hall–Kier alpha value is -2.13. The summed E-state index contributed by atoms with van der Waals surface area (Å²) in [5.74, 6) is 0. The summed E-state index contributed by atoms with van der Waals surface area (Å²) in [5, 5.41) is 4.40. The van der Waals surface area contributed by atoms with Crippen molar-refractivity contribution in [3.8, 4) is 11.3 Å². The summed E-state index contributed by atoms with van der Waals surface area (Å²) in [7, 11) is 0. The molecule has 0 aliphatic rings. The first-order valence-electron chi connectivity index (χ1n) is 7.00. The Labute approximate surface area is 129 Å². The van der Waals surface area contributed by atoms with Gasteiger partial charge in [-0.3, -0.25) is 0 Å². The first kappa shape index (κ1) is 13.8. The third kappa shape index (κ3) is 2.98. The van der Waals surface area contributed by atoms with E-state index in [-0.39, 0.29) is 0 Å². The Kier molecular flexibility index (Phi) is 3.76. The normalized spacial score (nSPS) is 10.6. The van der Waals surface area contributed by atoms with Gasteiger partial charge in [-0.1, -0.05) is 42.5 Å². The zero-order valence-corrected chi connectivity index (χ0v) is 13.3. The van der Waals surface area contributed by atoms with Gasteiger partial charge in [-0.15, -0.1) is 11.3 Å². The van der Waals surface area contributed by atoms with Gasteiger partial charge < -0.3 is 5.32 Å². The third-order valence-electron chi connectivity index (χ3n) is 3.48. The monoisotopic (exact) mass is 294 g/mol. The van der Waals surface area contributed by atoms with Crippen LogP contribution in [0.4, 0.5) is 10.8 Å². The maximum Gasteiger partial charge on any atom is 0.187 e.